The lowest BCUT2D eigenvalue weighted by Gasteiger charge is -2.25. The molecule has 1 unspecified atom stereocenters. The molecule has 1 saturated carbocycles. The average molecular weight is 233 g/mol. The molecule has 90 valence electrons. The number of Topliss-reactive ketones (excluding diaryl/α,β-unsaturated/α-hetero) is 1. The number of ether oxygens (including phenoxy) is 1. The van der Waals surface area contributed by atoms with Gasteiger partial charge in [0, 0.05) is 46.7 Å². The molecule has 6 radical (unpaired) electrons. The monoisotopic (exact) mass is 233 g/mol. The summed E-state index contributed by atoms with van der Waals surface area (Å²) in [5.74, 6) is 0.269. The Bertz CT molecular complexity index is 345. The number of nitrogens with zero attached hydrogens (tertiary/aromatic N) is 1. The summed E-state index contributed by atoms with van der Waals surface area (Å²) in [4.78, 5) is 24.5. The molecule has 4 heteroatoms. The summed E-state index contributed by atoms with van der Waals surface area (Å²) in [6, 6.07) is 0. The van der Waals surface area contributed by atoms with Crippen molar-refractivity contribution in [2.75, 3.05) is 13.1 Å². The predicted octanol–water partition coefficient (Wildman–Crippen LogP) is 1.44. The highest BCUT2D eigenvalue weighted by molar-refractivity contribution is 5.82. The van der Waals surface area contributed by atoms with Crippen molar-refractivity contribution in [3.63, 3.8) is 0 Å². The molecular formula is C13H15NO3. The maximum atomic E-state index is 11.7. The van der Waals surface area contributed by atoms with Gasteiger partial charge in [0.25, 0.3) is 0 Å². The lowest BCUT2D eigenvalue weighted by Crippen LogP contribution is -2.37. The first-order chi connectivity index (χ1) is 7.80. The maximum Gasteiger partial charge on any atom is 0.410 e. The minimum absolute atomic E-state index is 0.0590. The first-order valence-corrected chi connectivity index (χ1v) is 5.66. The molecule has 1 aliphatic carbocycles. The number of rotatable bonds is 1. The van der Waals surface area contributed by atoms with Gasteiger partial charge in [0.2, 0.25) is 0 Å². The van der Waals surface area contributed by atoms with Gasteiger partial charge in [-0.05, 0) is 18.3 Å². The van der Waals surface area contributed by atoms with Gasteiger partial charge in [-0.2, -0.15) is 0 Å². The summed E-state index contributed by atoms with van der Waals surface area (Å²) < 4.78 is 4.69. The maximum absolute atomic E-state index is 11.7. The van der Waals surface area contributed by atoms with Crippen molar-refractivity contribution in [2.24, 2.45) is 5.41 Å². The molecule has 1 heterocycles. The third-order valence-electron chi connectivity index (χ3n) is 3.47. The van der Waals surface area contributed by atoms with Crippen molar-refractivity contribution in [3.8, 4) is 0 Å². The van der Waals surface area contributed by atoms with Crippen LogP contribution in [0.1, 0.15) is 25.7 Å². The smallest absolute Gasteiger partial charge is 0.410 e. The van der Waals surface area contributed by atoms with Crippen molar-refractivity contribution >= 4 is 11.9 Å². The Morgan fingerprint density at radius 3 is 2.59 bits per heavy atom. The first-order valence-electron chi connectivity index (χ1n) is 5.66. The van der Waals surface area contributed by atoms with Gasteiger partial charge in [-0.25, -0.2) is 4.79 Å². The van der Waals surface area contributed by atoms with Crippen molar-refractivity contribution in [3.05, 3.63) is 20.8 Å². The van der Waals surface area contributed by atoms with Gasteiger partial charge < -0.3 is 9.64 Å². The molecule has 1 atom stereocenters. The molecular weight excluding hydrogens is 218 g/mol. The second-order valence-corrected chi connectivity index (χ2v) is 5.11. The van der Waals surface area contributed by atoms with E-state index in [-0.39, 0.29) is 11.2 Å². The highest BCUT2D eigenvalue weighted by atomic mass is 16.6. The summed E-state index contributed by atoms with van der Waals surface area (Å²) in [7, 11) is 0. The molecule has 2 aliphatic rings. The number of carbonyl (C=O) groups is 2. The fraction of sp³-hybridized carbons (Fsp3) is 0.615. The summed E-state index contributed by atoms with van der Waals surface area (Å²) in [6.45, 7) is 16.7. The summed E-state index contributed by atoms with van der Waals surface area (Å²) in [5, 5.41) is 0. The summed E-state index contributed by atoms with van der Waals surface area (Å²) >= 11 is 0. The highest BCUT2D eigenvalue weighted by Gasteiger charge is 2.45. The van der Waals surface area contributed by atoms with Crippen LogP contribution in [0.25, 0.3) is 0 Å². The van der Waals surface area contributed by atoms with E-state index in [0.29, 0.717) is 25.9 Å². The zero-order valence-electron chi connectivity index (χ0n) is 9.65. The van der Waals surface area contributed by atoms with Crippen LogP contribution >= 0.6 is 0 Å². The SMILES string of the molecule is [CH]C([CH])([CH])OC(=O)N1CCC2(CCC(=O)C2)C1. The van der Waals surface area contributed by atoms with E-state index in [9.17, 15) is 9.59 Å². The Kier molecular flexibility index (Phi) is 2.92. The minimum atomic E-state index is -1.95. The van der Waals surface area contributed by atoms with Crippen LogP contribution in [0, 0.1) is 26.2 Å². The summed E-state index contributed by atoms with van der Waals surface area (Å²) in [6.07, 6.45) is 2.20. The van der Waals surface area contributed by atoms with Crippen LogP contribution in [0.15, 0.2) is 0 Å². The molecule has 1 amide bonds. The lowest BCUT2D eigenvalue weighted by molar-refractivity contribution is -0.118. The third kappa shape index (κ3) is 2.79. The number of likely N-dealkylation sites (tertiary alicyclic amines) is 1. The number of hydrogen-bond acceptors (Lipinski definition) is 3. The van der Waals surface area contributed by atoms with Gasteiger partial charge >= 0.3 is 6.09 Å². The van der Waals surface area contributed by atoms with Crippen LogP contribution in [0.5, 0.6) is 0 Å². The van der Waals surface area contributed by atoms with Gasteiger partial charge in [0.1, 0.15) is 11.4 Å². The topological polar surface area (TPSA) is 46.6 Å². The van der Waals surface area contributed by atoms with E-state index in [1.807, 2.05) is 0 Å². The summed E-state index contributed by atoms with van der Waals surface area (Å²) in [5.41, 5.74) is -2.01. The van der Waals surface area contributed by atoms with Crippen molar-refractivity contribution in [1.82, 2.24) is 4.90 Å². The number of ketones is 1. The van der Waals surface area contributed by atoms with Crippen LogP contribution in [-0.2, 0) is 9.53 Å². The van der Waals surface area contributed by atoms with Crippen molar-refractivity contribution < 1.29 is 14.3 Å². The normalized spacial score (nSPS) is 29.1. The molecule has 2 fully saturated rings. The standard InChI is InChI=1S/C13H15NO3/c1-12(2,3)17-11(16)14-7-6-13(9-14)5-4-10(15)8-13/h1-3H,4-9H2. The fourth-order valence-electron chi connectivity index (χ4n) is 2.65. The van der Waals surface area contributed by atoms with Crippen molar-refractivity contribution in [1.29, 1.82) is 0 Å². The Balaban J connectivity index is 1.94. The molecule has 1 spiro atoms. The quantitative estimate of drug-likeness (QED) is 0.688. The zero-order chi connectivity index (χ0) is 12.7. The second-order valence-electron chi connectivity index (χ2n) is 5.11. The zero-order valence-corrected chi connectivity index (χ0v) is 9.65. The van der Waals surface area contributed by atoms with Crippen LogP contribution in [-0.4, -0.2) is 35.5 Å². The number of carbonyl (C=O) groups excluding carboxylic acids is 2. The molecule has 17 heavy (non-hydrogen) atoms. The first kappa shape index (κ1) is 12.4. The highest BCUT2D eigenvalue weighted by Crippen LogP contribution is 2.43. The van der Waals surface area contributed by atoms with Gasteiger partial charge in [-0.1, -0.05) is 0 Å². The Labute approximate surface area is 102 Å². The van der Waals surface area contributed by atoms with Gasteiger partial charge in [-0.3, -0.25) is 4.79 Å². The fourth-order valence-corrected chi connectivity index (χ4v) is 2.65. The molecule has 0 aromatic carbocycles. The Morgan fingerprint density at radius 1 is 1.35 bits per heavy atom. The van der Waals surface area contributed by atoms with E-state index in [1.54, 1.807) is 0 Å². The molecule has 4 nitrogen and oxygen atoms in total. The number of hydrogen-bond donors (Lipinski definition) is 0. The molecule has 0 aromatic heterocycles. The third-order valence-corrected chi connectivity index (χ3v) is 3.47. The van der Waals surface area contributed by atoms with E-state index >= 15 is 0 Å². The van der Waals surface area contributed by atoms with E-state index in [1.165, 1.54) is 4.90 Å². The molecule has 0 aromatic rings. The van der Waals surface area contributed by atoms with Crippen molar-refractivity contribution in [2.45, 2.75) is 31.3 Å². The van der Waals surface area contributed by atoms with Gasteiger partial charge in [-0.15, -0.1) is 0 Å². The van der Waals surface area contributed by atoms with E-state index in [0.717, 1.165) is 12.8 Å². The average Bonchev–Trinajstić information content (AvgIpc) is 2.72. The Hall–Kier alpha value is -1.06. The molecule has 1 saturated heterocycles. The molecule has 0 N–H and O–H groups in total. The lowest BCUT2D eigenvalue weighted by atomic mass is 9.86. The van der Waals surface area contributed by atoms with Gasteiger partial charge in [0.05, 0.1) is 0 Å². The molecule has 0 bridgehead atoms. The van der Waals surface area contributed by atoms with E-state index < -0.39 is 11.7 Å². The molecule has 1 aliphatic heterocycles. The predicted molar refractivity (Wildman–Crippen MR) is 59.6 cm³/mol. The second kappa shape index (κ2) is 4.00. The van der Waals surface area contributed by atoms with E-state index in [4.69, 9.17) is 20.8 Å². The van der Waals surface area contributed by atoms with Crippen LogP contribution in [0.2, 0.25) is 0 Å². The molecule has 2 rings (SSSR count). The van der Waals surface area contributed by atoms with Gasteiger partial charge in [0.15, 0.2) is 0 Å². The van der Waals surface area contributed by atoms with Crippen LogP contribution < -0.4 is 0 Å². The Morgan fingerprint density at radius 2 is 2.06 bits per heavy atom. The van der Waals surface area contributed by atoms with Crippen LogP contribution in [0.3, 0.4) is 0 Å². The van der Waals surface area contributed by atoms with Crippen LogP contribution in [0.4, 0.5) is 4.79 Å². The largest absolute Gasteiger partial charge is 0.442 e. The minimum Gasteiger partial charge on any atom is -0.442 e. The van der Waals surface area contributed by atoms with E-state index in [2.05, 4.69) is 4.74 Å². The number of amides is 1.